The molecule has 1 aromatic carbocycles. The quantitative estimate of drug-likeness (QED) is 0.660. The average Bonchev–Trinajstić information content (AvgIpc) is 2.61. The molecule has 7 heteroatoms. The Kier molecular flexibility index (Phi) is 3.10. The van der Waals surface area contributed by atoms with E-state index >= 15 is 0 Å². The first kappa shape index (κ1) is 11.6. The van der Waals surface area contributed by atoms with Crippen LogP contribution in [-0.4, -0.2) is 21.1 Å². The minimum atomic E-state index is -0.553. The number of hydrogen-bond acceptors (Lipinski definition) is 3. The molecule has 0 bridgehead atoms. The number of hydrogen-bond donors (Lipinski definition) is 1. The van der Waals surface area contributed by atoms with Gasteiger partial charge >= 0.3 is 0 Å². The molecule has 0 radical (unpaired) electrons. The summed E-state index contributed by atoms with van der Waals surface area (Å²) in [6.45, 7) is 1.69. The van der Waals surface area contributed by atoms with E-state index in [1.165, 1.54) is 10.9 Å². The van der Waals surface area contributed by atoms with Crippen molar-refractivity contribution in [1.82, 2.24) is 14.9 Å². The molecular formula is C10H8F2N4S. The van der Waals surface area contributed by atoms with Gasteiger partial charge in [0.15, 0.2) is 0 Å². The zero-order chi connectivity index (χ0) is 12.4. The number of aromatic amines is 1. The van der Waals surface area contributed by atoms with Crippen molar-refractivity contribution in [3.63, 3.8) is 0 Å². The summed E-state index contributed by atoms with van der Waals surface area (Å²) in [4.78, 5) is 0. The maximum absolute atomic E-state index is 13.3. The van der Waals surface area contributed by atoms with Crippen LogP contribution in [0.3, 0.4) is 0 Å². The summed E-state index contributed by atoms with van der Waals surface area (Å²) >= 11 is 4.91. The third-order valence-corrected chi connectivity index (χ3v) is 2.35. The molecule has 1 N–H and O–H groups in total. The van der Waals surface area contributed by atoms with Crippen LogP contribution < -0.4 is 0 Å². The van der Waals surface area contributed by atoms with Gasteiger partial charge in [0, 0.05) is 5.56 Å². The lowest BCUT2D eigenvalue weighted by Crippen LogP contribution is -1.96. The smallest absolute Gasteiger partial charge is 0.216 e. The van der Waals surface area contributed by atoms with E-state index < -0.39 is 11.6 Å². The number of H-pyrrole nitrogens is 1. The molecule has 1 aromatic heterocycles. The monoisotopic (exact) mass is 254 g/mol. The summed E-state index contributed by atoms with van der Waals surface area (Å²) in [6.07, 6.45) is 1.19. The predicted octanol–water partition coefficient (Wildman–Crippen LogP) is 2.41. The standard InChI is InChI=1S/C10H8F2N4S/c1-6-14-15-10(17)16(6)13-5-7-4-8(11)2-3-9(7)12/h2-5H,1H3,(H,15,17)/b13-5+. The van der Waals surface area contributed by atoms with Gasteiger partial charge in [-0.2, -0.15) is 14.9 Å². The van der Waals surface area contributed by atoms with E-state index in [1.807, 2.05) is 0 Å². The number of aryl methyl sites for hydroxylation is 1. The van der Waals surface area contributed by atoms with Crippen molar-refractivity contribution < 1.29 is 8.78 Å². The lowest BCUT2D eigenvalue weighted by atomic mass is 10.2. The molecule has 88 valence electrons. The van der Waals surface area contributed by atoms with E-state index in [2.05, 4.69) is 15.3 Å². The van der Waals surface area contributed by atoms with Crippen molar-refractivity contribution >= 4 is 18.4 Å². The van der Waals surface area contributed by atoms with Gasteiger partial charge in [-0.05, 0) is 37.3 Å². The summed E-state index contributed by atoms with van der Waals surface area (Å²) in [5, 5.41) is 10.3. The minimum Gasteiger partial charge on any atom is -0.250 e. The van der Waals surface area contributed by atoms with E-state index in [0.717, 1.165) is 18.2 Å². The molecule has 0 aliphatic rings. The second-order valence-electron chi connectivity index (χ2n) is 3.30. The van der Waals surface area contributed by atoms with Crippen LogP contribution in [0, 0.1) is 23.3 Å². The molecule has 2 aromatic rings. The van der Waals surface area contributed by atoms with Crippen molar-refractivity contribution in [2.45, 2.75) is 6.92 Å². The van der Waals surface area contributed by atoms with Gasteiger partial charge in [-0.15, -0.1) is 0 Å². The Morgan fingerprint density at radius 3 is 2.88 bits per heavy atom. The average molecular weight is 254 g/mol. The Hall–Kier alpha value is -1.89. The van der Waals surface area contributed by atoms with Crippen LogP contribution in [0.5, 0.6) is 0 Å². The van der Waals surface area contributed by atoms with Crippen molar-refractivity contribution in [2.75, 3.05) is 0 Å². The highest BCUT2D eigenvalue weighted by molar-refractivity contribution is 7.71. The van der Waals surface area contributed by atoms with Gasteiger partial charge in [0.1, 0.15) is 17.5 Å². The maximum Gasteiger partial charge on any atom is 0.216 e. The largest absolute Gasteiger partial charge is 0.250 e. The van der Waals surface area contributed by atoms with Crippen LogP contribution in [0.1, 0.15) is 11.4 Å². The number of rotatable bonds is 2. The van der Waals surface area contributed by atoms with E-state index in [-0.39, 0.29) is 10.3 Å². The zero-order valence-corrected chi connectivity index (χ0v) is 9.63. The molecule has 0 amide bonds. The fraction of sp³-hybridized carbons (Fsp3) is 0.100. The van der Waals surface area contributed by atoms with E-state index in [1.54, 1.807) is 6.92 Å². The molecule has 0 aliphatic carbocycles. The summed E-state index contributed by atoms with van der Waals surface area (Å²) < 4.78 is 27.8. The molecule has 0 spiro atoms. The lowest BCUT2D eigenvalue weighted by Gasteiger charge is -1.97. The normalized spacial score (nSPS) is 11.2. The Labute approximate surface area is 101 Å². The first-order valence-electron chi connectivity index (χ1n) is 4.71. The molecule has 4 nitrogen and oxygen atoms in total. The zero-order valence-electron chi connectivity index (χ0n) is 8.82. The van der Waals surface area contributed by atoms with Crippen LogP contribution in [0.2, 0.25) is 0 Å². The van der Waals surface area contributed by atoms with Crippen LogP contribution in [0.15, 0.2) is 23.3 Å². The molecule has 17 heavy (non-hydrogen) atoms. The highest BCUT2D eigenvalue weighted by Crippen LogP contribution is 2.07. The van der Waals surface area contributed by atoms with E-state index in [9.17, 15) is 8.78 Å². The van der Waals surface area contributed by atoms with E-state index in [4.69, 9.17) is 12.2 Å². The van der Waals surface area contributed by atoms with Crippen molar-refractivity contribution in [1.29, 1.82) is 0 Å². The summed E-state index contributed by atoms with van der Waals surface area (Å²) in [5.74, 6) is -0.550. The molecule has 0 fully saturated rings. The number of halogens is 2. The van der Waals surface area contributed by atoms with Crippen molar-refractivity contribution in [2.24, 2.45) is 5.10 Å². The molecular weight excluding hydrogens is 246 g/mol. The van der Waals surface area contributed by atoms with Crippen molar-refractivity contribution in [3.8, 4) is 0 Å². The Bertz CT molecular complexity index is 629. The number of nitrogens with zero attached hydrogens (tertiary/aromatic N) is 3. The van der Waals surface area contributed by atoms with Gasteiger partial charge in [0.2, 0.25) is 4.77 Å². The summed E-state index contributed by atoms with van der Waals surface area (Å²) in [5.41, 5.74) is 0.0486. The molecule has 0 unspecified atom stereocenters. The minimum absolute atomic E-state index is 0.0486. The van der Waals surface area contributed by atoms with Crippen LogP contribution in [0.4, 0.5) is 8.78 Å². The molecule has 0 saturated heterocycles. The molecule has 0 aliphatic heterocycles. The SMILES string of the molecule is Cc1n[nH]c(=S)n1/N=C/c1cc(F)ccc1F. The molecule has 2 rings (SSSR count). The molecule has 0 saturated carbocycles. The van der Waals surface area contributed by atoms with Gasteiger partial charge in [-0.1, -0.05) is 0 Å². The number of aromatic nitrogens is 3. The summed E-state index contributed by atoms with van der Waals surface area (Å²) in [6, 6.07) is 3.14. The topological polar surface area (TPSA) is 46.0 Å². The number of nitrogens with one attached hydrogen (secondary N) is 1. The first-order valence-corrected chi connectivity index (χ1v) is 5.12. The van der Waals surface area contributed by atoms with Gasteiger partial charge in [0.25, 0.3) is 0 Å². The van der Waals surface area contributed by atoms with Crippen LogP contribution >= 0.6 is 12.2 Å². The predicted molar refractivity (Wildman–Crippen MR) is 61.5 cm³/mol. The Balaban J connectivity index is 2.39. The second-order valence-corrected chi connectivity index (χ2v) is 3.68. The van der Waals surface area contributed by atoms with Crippen molar-refractivity contribution in [3.05, 3.63) is 46.0 Å². The van der Waals surface area contributed by atoms with E-state index in [0.29, 0.717) is 5.82 Å². The fourth-order valence-electron chi connectivity index (χ4n) is 1.24. The van der Waals surface area contributed by atoms with Gasteiger partial charge in [0.05, 0.1) is 6.21 Å². The van der Waals surface area contributed by atoms with Gasteiger partial charge < -0.3 is 0 Å². The summed E-state index contributed by atoms with van der Waals surface area (Å²) in [7, 11) is 0. The third kappa shape index (κ3) is 2.44. The third-order valence-electron chi connectivity index (χ3n) is 2.08. The Morgan fingerprint density at radius 1 is 1.47 bits per heavy atom. The van der Waals surface area contributed by atoms with Gasteiger partial charge in [-0.25, -0.2) is 8.78 Å². The fourth-order valence-corrected chi connectivity index (χ4v) is 1.46. The first-order chi connectivity index (χ1) is 8.08. The lowest BCUT2D eigenvalue weighted by molar-refractivity contribution is 0.598. The number of benzene rings is 1. The Morgan fingerprint density at radius 2 is 2.24 bits per heavy atom. The van der Waals surface area contributed by atoms with Crippen LogP contribution in [0.25, 0.3) is 0 Å². The second kappa shape index (κ2) is 4.54. The van der Waals surface area contributed by atoms with Gasteiger partial charge in [-0.3, -0.25) is 5.10 Å². The highest BCUT2D eigenvalue weighted by atomic mass is 32.1. The molecule has 0 atom stereocenters. The molecule has 1 heterocycles. The highest BCUT2D eigenvalue weighted by Gasteiger charge is 2.02. The maximum atomic E-state index is 13.3. The van der Waals surface area contributed by atoms with Crippen LogP contribution in [-0.2, 0) is 0 Å².